The van der Waals surface area contributed by atoms with Crippen molar-refractivity contribution < 1.29 is 22.1 Å². The van der Waals surface area contributed by atoms with E-state index in [0.717, 1.165) is 24.8 Å². The average Bonchev–Trinajstić information content (AvgIpc) is 2.75. The van der Waals surface area contributed by atoms with Crippen LogP contribution in [0.25, 0.3) is 0 Å². The summed E-state index contributed by atoms with van der Waals surface area (Å²) in [6.07, 6.45) is 3.26. The van der Waals surface area contributed by atoms with Gasteiger partial charge in [0.15, 0.2) is 0 Å². The fourth-order valence-electron chi connectivity index (χ4n) is 2.95. The Kier molecular flexibility index (Phi) is 9.33. The molecule has 0 aliphatic heterocycles. The third kappa shape index (κ3) is 7.46. The van der Waals surface area contributed by atoms with Crippen molar-refractivity contribution in [3.8, 4) is 5.75 Å². The first-order valence-electron chi connectivity index (χ1n) is 10.3. The van der Waals surface area contributed by atoms with Crippen LogP contribution in [0.15, 0.2) is 48.5 Å². The number of rotatable bonds is 12. The lowest BCUT2D eigenvalue weighted by atomic mass is 10.1. The Hall–Kier alpha value is -2.38. The molecule has 7 heteroatoms. The Balaban J connectivity index is 2.16. The normalized spacial score (nSPS) is 11.3. The molecule has 0 N–H and O–H groups in total. The molecular formula is C23H31NO5S. The van der Waals surface area contributed by atoms with Gasteiger partial charge in [-0.1, -0.05) is 37.6 Å². The van der Waals surface area contributed by atoms with Crippen LogP contribution in [-0.2, 0) is 27.8 Å². The van der Waals surface area contributed by atoms with Gasteiger partial charge in [-0.25, -0.2) is 0 Å². The molecule has 2 aromatic rings. The summed E-state index contributed by atoms with van der Waals surface area (Å²) in [6, 6.07) is 14.5. The first-order valence-corrected chi connectivity index (χ1v) is 11.8. The van der Waals surface area contributed by atoms with E-state index in [2.05, 4.69) is 6.92 Å². The molecule has 1 amide bonds. The number of aryl methyl sites for hydroxylation is 1. The van der Waals surface area contributed by atoms with Gasteiger partial charge < -0.3 is 13.8 Å². The molecule has 0 spiro atoms. The van der Waals surface area contributed by atoms with Gasteiger partial charge in [0.2, 0.25) is 0 Å². The van der Waals surface area contributed by atoms with Crippen molar-refractivity contribution in [1.29, 1.82) is 0 Å². The molecule has 6 nitrogen and oxygen atoms in total. The molecule has 0 heterocycles. The van der Waals surface area contributed by atoms with Gasteiger partial charge in [0, 0.05) is 25.8 Å². The third-order valence-corrected chi connectivity index (χ3v) is 5.87. The maximum atomic E-state index is 13.1. The van der Waals surface area contributed by atoms with Gasteiger partial charge in [0.1, 0.15) is 5.75 Å². The summed E-state index contributed by atoms with van der Waals surface area (Å²) in [5.74, 6) is 0.0413. The van der Waals surface area contributed by atoms with Crippen LogP contribution in [0.2, 0.25) is 0 Å². The highest BCUT2D eigenvalue weighted by atomic mass is 32.2. The third-order valence-electron chi connectivity index (χ3n) is 4.72. The molecule has 0 atom stereocenters. The summed E-state index contributed by atoms with van der Waals surface area (Å²) in [4.78, 5) is 14.8. The van der Waals surface area contributed by atoms with Crippen molar-refractivity contribution in [2.45, 2.75) is 39.7 Å². The molecule has 0 aliphatic carbocycles. The number of unbranched alkanes of at least 4 members (excludes halogenated alkanes) is 1. The fraction of sp³-hybridized carbons (Fsp3) is 0.435. The molecule has 0 radical (unpaired) electrons. The van der Waals surface area contributed by atoms with Crippen LogP contribution in [-0.4, -0.2) is 45.2 Å². The maximum absolute atomic E-state index is 13.1. The predicted molar refractivity (Wildman–Crippen MR) is 118 cm³/mol. The van der Waals surface area contributed by atoms with Gasteiger partial charge in [0.05, 0.1) is 12.4 Å². The van der Waals surface area contributed by atoms with E-state index in [0.29, 0.717) is 25.3 Å². The standard InChI is InChI=1S/C23H31NO5S/c1-4-6-8-19-11-13-21(14-12-19)23(25)24(15-16-28-3)18-20-9-7-10-22(17-20)29-30(26,27)5-2/h7,9-14,17H,4-6,8,15-16,18H2,1-3H3. The zero-order valence-corrected chi connectivity index (χ0v) is 18.8. The zero-order valence-electron chi connectivity index (χ0n) is 18.0. The second kappa shape index (κ2) is 11.7. The topological polar surface area (TPSA) is 72.9 Å². The number of benzene rings is 2. The lowest BCUT2D eigenvalue weighted by Gasteiger charge is -2.23. The quantitative estimate of drug-likeness (QED) is 0.472. The number of hydrogen-bond donors (Lipinski definition) is 0. The number of carbonyl (C=O) groups is 1. The van der Waals surface area contributed by atoms with Gasteiger partial charge >= 0.3 is 10.1 Å². The molecule has 0 saturated heterocycles. The van der Waals surface area contributed by atoms with E-state index in [-0.39, 0.29) is 17.4 Å². The summed E-state index contributed by atoms with van der Waals surface area (Å²) in [5, 5.41) is 0. The smallest absolute Gasteiger partial charge is 0.308 e. The highest BCUT2D eigenvalue weighted by Gasteiger charge is 2.17. The second-order valence-electron chi connectivity index (χ2n) is 7.10. The molecule has 0 aliphatic rings. The van der Waals surface area contributed by atoms with Crippen LogP contribution in [0.1, 0.15) is 48.2 Å². The minimum absolute atomic E-state index is 0.0957. The van der Waals surface area contributed by atoms with Gasteiger partial charge in [-0.15, -0.1) is 0 Å². The monoisotopic (exact) mass is 433 g/mol. The highest BCUT2D eigenvalue weighted by molar-refractivity contribution is 7.87. The number of hydrogen-bond acceptors (Lipinski definition) is 5. The maximum Gasteiger partial charge on any atom is 0.308 e. The molecule has 0 saturated carbocycles. The number of methoxy groups -OCH3 is 1. The number of amides is 1. The molecule has 0 fully saturated rings. The van der Waals surface area contributed by atoms with E-state index in [9.17, 15) is 13.2 Å². The van der Waals surface area contributed by atoms with Gasteiger partial charge in [-0.2, -0.15) is 8.42 Å². The molecular weight excluding hydrogens is 402 g/mol. The second-order valence-corrected chi connectivity index (χ2v) is 8.96. The summed E-state index contributed by atoms with van der Waals surface area (Å²) < 4.78 is 33.7. The Bertz CT molecular complexity index is 909. The Morgan fingerprint density at radius 3 is 2.40 bits per heavy atom. The molecule has 0 unspecified atom stereocenters. The molecule has 0 bridgehead atoms. The number of carbonyl (C=O) groups excluding carboxylic acids is 1. The highest BCUT2D eigenvalue weighted by Crippen LogP contribution is 2.18. The molecule has 2 rings (SSSR count). The summed E-state index contributed by atoms with van der Waals surface area (Å²) in [7, 11) is -2.01. The molecule has 2 aromatic carbocycles. The number of nitrogens with zero attached hydrogens (tertiary/aromatic N) is 1. The van der Waals surface area contributed by atoms with Crippen LogP contribution in [0.5, 0.6) is 5.75 Å². The van der Waals surface area contributed by atoms with Gasteiger partial charge in [-0.05, 0) is 55.2 Å². The largest absolute Gasteiger partial charge is 0.383 e. The van der Waals surface area contributed by atoms with Crippen molar-refractivity contribution in [1.82, 2.24) is 4.90 Å². The van der Waals surface area contributed by atoms with E-state index in [1.54, 1.807) is 30.2 Å². The number of ether oxygens (including phenoxy) is 1. The minimum atomic E-state index is -3.60. The zero-order chi connectivity index (χ0) is 22.0. The minimum Gasteiger partial charge on any atom is -0.383 e. The first-order chi connectivity index (χ1) is 14.4. The average molecular weight is 434 g/mol. The van der Waals surface area contributed by atoms with Gasteiger partial charge in [-0.3, -0.25) is 4.79 Å². The summed E-state index contributed by atoms with van der Waals surface area (Å²) in [6.45, 7) is 4.83. The SMILES string of the molecule is CCCCc1ccc(C(=O)N(CCOC)Cc2cccc(OS(=O)(=O)CC)c2)cc1. The van der Waals surface area contributed by atoms with Crippen molar-refractivity contribution in [3.05, 3.63) is 65.2 Å². The van der Waals surface area contributed by atoms with Crippen molar-refractivity contribution in [3.63, 3.8) is 0 Å². The van der Waals surface area contributed by atoms with Crippen molar-refractivity contribution >= 4 is 16.0 Å². The Labute approximate surface area is 179 Å². The first kappa shape index (κ1) is 23.9. The van der Waals surface area contributed by atoms with E-state index >= 15 is 0 Å². The molecule has 164 valence electrons. The summed E-state index contributed by atoms with van der Waals surface area (Å²) >= 11 is 0. The Morgan fingerprint density at radius 2 is 1.77 bits per heavy atom. The van der Waals surface area contributed by atoms with E-state index in [1.807, 2.05) is 30.3 Å². The van der Waals surface area contributed by atoms with Crippen molar-refractivity contribution in [2.24, 2.45) is 0 Å². The van der Waals surface area contributed by atoms with Crippen LogP contribution in [0, 0.1) is 0 Å². The van der Waals surface area contributed by atoms with Crippen molar-refractivity contribution in [2.75, 3.05) is 26.0 Å². The Morgan fingerprint density at radius 1 is 1.03 bits per heavy atom. The van der Waals surface area contributed by atoms with E-state index < -0.39 is 10.1 Å². The van der Waals surface area contributed by atoms with Crippen LogP contribution >= 0.6 is 0 Å². The molecule has 30 heavy (non-hydrogen) atoms. The lowest BCUT2D eigenvalue weighted by molar-refractivity contribution is 0.0680. The lowest BCUT2D eigenvalue weighted by Crippen LogP contribution is -2.33. The van der Waals surface area contributed by atoms with Crippen LogP contribution in [0.4, 0.5) is 0 Å². The van der Waals surface area contributed by atoms with Gasteiger partial charge in [0.25, 0.3) is 5.91 Å². The van der Waals surface area contributed by atoms with Crippen LogP contribution < -0.4 is 4.18 Å². The predicted octanol–water partition coefficient (Wildman–Crippen LogP) is 4.05. The van der Waals surface area contributed by atoms with Crippen LogP contribution in [0.3, 0.4) is 0 Å². The molecule has 0 aromatic heterocycles. The van der Waals surface area contributed by atoms with E-state index in [4.69, 9.17) is 8.92 Å². The fourth-order valence-corrected chi connectivity index (χ4v) is 3.47. The van der Waals surface area contributed by atoms with E-state index in [1.165, 1.54) is 12.5 Å². The summed E-state index contributed by atoms with van der Waals surface area (Å²) in [5.41, 5.74) is 2.62.